The molecule has 0 unspecified atom stereocenters. The molecule has 0 saturated heterocycles. The summed E-state index contributed by atoms with van der Waals surface area (Å²) in [6.07, 6.45) is 4.75. The fraction of sp³-hybridized carbons (Fsp3) is 0.143. The number of nitrogens with zero attached hydrogens (tertiary/aromatic N) is 4. The maximum atomic E-state index is 11.9. The lowest BCUT2D eigenvalue weighted by molar-refractivity contribution is 0.0955. The van der Waals surface area contributed by atoms with Crippen LogP contribution in [0, 0.1) is 13.8 Å². The third kappa shape index (κ3) is 2.55. The van der Waals surface area contributed by atoms with Crippen molar-refractivity contribution >= 4 is 28.4 Å². The molecule has 0 aromatic carbocycles. The number of rotatable bonds is 3. The number of aromatic nitrogens is 3. The smallest absolute Gasteiger partial charge is 0.271 e. The number of hydrogen-bond donors (Lipinski definition) is 1. The monoisotopic (exact) mass is 299 g/mol. The number of aryl methyl sites for hydroxylation is 2. The molecule has 0 aliphatic rings. The predicted molar refractivity (Wildman–Crippen MR) is 81.8 cm³/mol. The molecule has 3 aromatic rings. The summed E-state index contributed by atoms with van der Waals surface area (Å²) in [5.41, 5.74) is 5.87. The van der Waals surface area contributed by atoms with Crippen LogP contribution in [0.4, 0.5) is 0 Å². The number of pyridine rings is 1. The highest BCUT2D eigenvalue weighted by molar-refractivity contribution is 7.15. The summed E-state index contributed by atoms with van der Waals surface area (Å²) in [6.45, 7) is 3.93. The predicted octanol–water partition coefficient (Wildman–Crippen LogP) is 2.17. The van der Waals surface area contributed by atoms with Crippen LogP contribution in [0.1, 0.15) is 27.4 Å². The van der Waals surface area contributed by atoms with Crippen LogP contribution < -0.4 is 5.43 Å². The van der Waals surface area contributed by atoms with E-state index in [1.54, 1.807) is 42.1 Å². The van der Waals surface area contributed by atoms with Crippen molar-refractivity contribution in [3.63, 3.8) is 0 Å². The minimum atomic E-state index is -0.269. The number of carbonyl (C=O) groups is 1. The van der Waals surface area contributed by atoms with Gasteiger partial charge in [0, 0.05) is 29.0 Å². The van der Waals surface area contributed by atoms with Gasteiger partial charge in [0.05, 0.1) is 17.6 Å². The van der Waals surface area contributed by atoms with Crippen LogP contribution in [0.3, 0.4) is 0 Å². The number of hydrazone groups is 1. The van der Waals surface area contributed by atoms with Gasteiger partial charge in [0.1, 0.15) is 0 Å². The van der Waals surface area contributed by atoms with Crippen molar-refractivity contribution in [1.29, 1.82) is 0 Å². The van der Waals surface area contributed by atoms with Crippen molar-refractivity contribution in [2.24, 2.45) is 5.10 Å². The van der Waals surface area contributed by atoms with E-state index in [9.17, 15) is 4.79 Å². The van der Waals surface area contributed by atoms with Crippen LogP contribution >= 0.6 is 11.3 Å². The zero-order valence-corrected chi connectivity index (χ0v) is 12.4. The molecule has 0 radical (unpaired) electrons. The molecule has 6 nitrogen and oxygen atoms in total. The van der Waals surface area contributed by atoms with Gasteiger partial charge >= 0.3 is 0 Å². The maximum absolute atomic E-state index is 11.9. The van der Waals surface area contributed by atoms with Gasteiger partial charge in [0.2, 0.25) is 0 Å². The molecule has 0 bridgehead atoms. The Morgan fingerprint density at radius 1 is 1.38 bits per heavy atom. The molecule has 3 heterocycles. The van der Waals surface area contributed by atoms with Crippen molar-refractivity contribution in [2.45, 2.75) is 13.8 Å². The first-order valence-electron chi connectivity index (χ1n) is 6.33. The molecule has 0 atom stereocenters. The molecule has 21 heavy (non-hydrogen) atoms. The first kappa shape index (κ1) is 13.4. The van der Waals surface area contributed by atoms with Crippen LogP contribution in [0.25, 0.3) is 4.96 Å². The lowest BCUT2D eigenvalue weighted by Gasteiger charge is -1.99. The Morgan fingerprint density at radius 3 is 2.90 bits per heavy atom. The SMILES string of the molecule is Cc1nc2scc(C)n2c1/C=N\NC(=O)c1ccncc1. The van der Waals surface area contributed by atoms with Gasteiger partial charge < -0.3 is 0 Å². The molecule has 1 amide bonds. The highest BCUT2D eigenvalue weighted by atomic mass is 32.1. The zero-order chi connectivity index (χ0) is 14.8. The van der Waals surface area contributed by atoms with E-state index in [1.807, 2.05) is 23.6 Å². The fourth-order valence-corrected chi connectivity index (χ4v) is 2.92. The maximum Gasteiger partial charge on any atom is 0.271 e. The van der Waals surface area contributed by atoms with Crippen LogP contribution in [0.5, 0.6) is 0 Å². The largest absolute Gasteiger partial charge is 0.286 e. The highest BCUT2D eigenvalue weighted by Gasteiger charge is 2.10. The molecule has 0 spiro atoms. The van der Waals surface area contributed by atoms with Crippen LogP contribution in [-0.2, 0) is 0 Å². The summed E-state index contributed by atoms with van der Waals surface area (Å²) in [7, 11) is 0. The average molecular weight is 299 g/mol. The number of amides is 1. The fourth-order valence-electron chi connectivity index (χ4n) is 2.00. The Balaban J connectivity index is 1.81. The number of imidazole rings is 1. The minimum Gasteiger partial charge on any atom is -0.286 e. The zero-order valence-electron chi connectivity index (χ0n) is 11.6. The quantitative estimate of drug-likeness (QED) is 0.595. The van der Waals surface area contributed by atoms with Gasteiger partial charge in [0.25, 0.3) is 5.91 Å². The first-order valence-corrected chi connectivity index (χ1v) is 7.21. The molecular weight excluding hydrogens is 286 g/mol. The summed E-state index contributed by atoms with van der Waals surface area (Å²) < 4.78 is 2.02. The first-order chi connectivity index (χ1) is 10.2. The average Bonchev–Trinajstić information content (AvgIpc) is 3.00. The summed E-state index contributed by atoms with van der Waals surface area (Å²) >= 11 is 1.58. The van der Waals surface area contributed by atoms with Gasteiger partial charge in [-0.2, -0.15) is 5.10 Å². The second-order valence-electron chi connectivity index (χ2n) is 4.51. The molecule has 1 N–H and O–H groups in total. The Kier molecular flexibility index (Phi) is 3.49. The number of thiazole rings is 1. The van der Waals surface area contributed by atoms with Crippen molar-refractivity contribution in [1.82, 2.24) is 19.8 Å². The Morgan fingerprint density at radius 2 is 2.14 bits per heavy atom. The van der Waals surface area contributed by atoms with Crippen molar-refractivity contribution in [2.75, 3.05) is 0 Å². The number of fused-ring (bicyclic) bond motifs is 1. The lowest BCUT2D eigenvalue weighted by Crippen LogP contribution is -2.17. The van der Waals surface area contributed by atoms with Crippen LogP contribution in [-0.4, -0.2) is 26.5 Å². The normalized spacial score (nSPS) is 11.3. The molecule has 106 valence electrons. The molecule has 0 saturated carbocycles. The van der Waals surface area contributed by atoms with E-state index in [0.29, 0.717) is 5.56 Å². The topological polar surface area (TPSA) is 71.7 Å². The summed E-state index contributed by atoms with van der Waals surface area (Å²) in [6, 6.07) is 3.27. The third-order valence-corrected chi connectivity index (χ3v) is 3.99. The lowest BCUT2D eigenvalue weighted by atomic mass is 10.3. The van der Waals surface area contributed by atoms with E-state index >= 15 is 0 Å². The van der Waals surface area contributed by atoms with Crippen molar-refractivity contribution in [3.05, 3.63) is 52.6 Å². The van der Waals surface area contributed by atoms with Gasteiger partial charge in [-0.3, -0.25) is 14.2 Å². The second-order valence-corrected chi connectivity index (χ2v) is 5.35. The number of hydrogen-bond acceptors (Lipinski definition) is 5. The third-order valence-electron chi connectivity index (χ3n) is 3.05. The van der Waals surface area contributed by atoms with E-state index in [4.69, 9.17) is 0 Å². The molecule has 3 aromatic heterocycles. The summed E-state index contributed by atoms with van der Waals surface area (Å²) in [5, 5.41) is 6.06. The minimum absolute atomic E-state index is 0.269. The standard InChI is InChI=1S/C14H13N5OS/c1-9-8-21-14-17-10(2)12(19(9)14)7-16-18-13(20)11-3-5-15-6-4-11/h3-8H,1-2H3,(H,18,20)/b16-7-. The Bertz CT molecular complexity index is 819. The van der Waals surface area contributed by atoms with E-state index in [-0.39, 0.29) is 5.91 Å². The van der Waals surface area contributed by atoms with Crippen molar-refractivity contribution in [3.8, 4) is 0 Å². The molecule has 7 heteroatoms. The highest BCUT2D eigenvalue weighted by Crippen LogP contribution is 2.19. The summed E-state index contributed by atoms with van der Waals surface area (Å²) in [5.74, 6) is -0.269. The molecule has 3 rings (SSSR count). The molecule has 0 aliphatic carbocycles. The van der Waals surface area contributed by atoms with Crippen LogP contribution in [0.2, 0.25) is 0 Å². The van der Waals surface area contributed by atoms with Gasteiger partial charge in [-0.1, -0.05) is 0 Å². The summed E-state index contributed by atoms with van der Waals surface area (Å²) in [4.78, 5) is 21.1. The number of carbonyl (C=O) groups excluding carboxylic acids is 1. The number of nitrogens with one attached hydrogen (secondary N) is 1. The van der Waals surface area contributed by atoms with Gasteiger partial charge in [0.15, 0.2) is 4.96 Å². The molecule has 0 aliphatic heterocycles. The Labute approximate surface area is 125 Å². The van der Waals surface area contributed by atoms with Gasteiger partial charge in [-0.25, -0.2) is 10.4 Å². The van der Waals surface area contributed by atoms with E-state index in [0.717, 1.165) is 22.0 Å². The van der Waals surface area contributed by atoms with Gasteiger partial charge in [-0.05, 0) is 26.0 Å². The van der Waals surface area contributed by atoms with Crippen molar-refractivity contribution < 1.29 is 4.79 Å². The van der Waals surface area contributed by atoms with E-state index in [1.165, 1.54) is 0 Å². The van der Waals surface area contributed by atoms with Gasteiger partial charge in [-0.15, -0.1) is 11.3 Å². The Hall–Kier alpha value is -2.54. The van der Waals surface area contributed by atoms with E-state index < -0.39 is 0 Å². The second kappa shape index (κ2) is 5.45. The van der Waals surface area contributed by atoms with E-state index in [2.05, 4.69) is 20.5 Å². The van der Waals surface area contributed by atoms with Crippen LogP contribution in [0.15, 0.2) is 35.0 Å². The molecular formula is C14H13N5OS. The molecule has 0 fully saturated rings.